The molecule has 1 aromatic carbocycles. The van der Waals surface area contributed by atoms with Crippen LogP contribution in [-0.4, -0.2) is 16.5 Å². The lowest BCUT2D eigenvalue weighted by Gasteiger charge is -2.11. The molecule has 0 aliphatic rings. The number of nitrogens with zero attached hydrogens (tertiary/aromatic N) is 2. The van der Waals surface area contributed by atoms with Crippen molar-refractivity contribution < 1.29 is 9.66 Å². The van der Waals surface area contributed by atoms with Crippen LogP contribution in [0, 0.1) is 10.1 Å². The quantitative estimate of drug-likeness (QED) is 0.659. The van der Waals surface area contributed by atoms with E-state index in [1.165, 1.54) is 18.3 Å². The largest absolute Gasteiger partial charge is 0.492 e. The molecule has 1 N–H and O–H groups in total. The maximum atomic E-state index is 10.9. The first kappa shape index (κ1) is 12.8. The second-order valence-electron chi connectivity index (χ2n) is 3.68. The Morgan fingerprint density at radius 3 is 2.84 bits per heavy atom. The molecule has 98 valence electrons. The Bertz CT molecular complexity index is 587. The molecule has 2 rings (SSSR count). The first-order valence-electron chi connectivity index (χ1n) is 5.80. The number of nitrogens with one attached hydrogen (secondary N) is 1. The van der Waals surface area contributed by atoms with Crippen molar-refractivity contribution in [1.29, 1.82) is 0 Å². The Morgan fingerprint density at radius 1 is 1.32 bits per heavy atom. The summed E-state index contributed by atoms with van der Waals surface area (Å²) < 4.78 is 5.45. The maximum Gasteiger partial charge on any atom is 0.311 e. The summed E-state index contributed by atoms with van der Waals surface area (Å²) in [4.78, 5) is 14.4. The van der Waals surface area contributed by atoms with Crippen LogP contribution in [0.15, 0.2) is 42.6 Å². The van der Waals surface area contributed by atoms with Crippen LogP contribution in [0.25, 0.3) is 0 Å². The van der Waals surface area contributed by atoms with E-state index in [1.54, 1.807) is 12.1 Å². The molecule has 0 spiro atoms. The highest BCUT2D eigenvalue weighted by Crippen LogP contribution is 2.30. The topological polar surface area (TPSA) is 77.3 Å². The Morgan fingerprint density at radius 2 is 2.11 bits per heavy atom. The number of benzene rings is 1. The van der Waals surface area contributed by atoms with E-state index in [0.717, 1.165) is 0 Å². The van der Waals surface area contributed by atoms with Gasteiger partial charge >= 0.3 is 5.69 Å². The molecule has 0 aliphatic heterocycles. The Hall–Kier alpha value is -2.63. The number of hydrogen-bond donors (Lipinski definition) is 1. The van der Waals surface area contributed by atoms with Gasteiger partial charge in [0, 0.05) is 12.3 Å². The van der Waals surface area contributed by atoms with Gasteiger partial charge < -0.3 is 10.1 Å². The van der Waals surface area contributed by atoms with Gasteiger partial charge in [0.15, 0.2) is 0 Å². The molecule has 6 heteroatoms. The average molecular weight is 259 g/mol. The molecule has 2 aromatic rings. The molecular weight excluding hydrogens is 246 g/mol. The molecule has 0 amide bonds. The van der Waals surface area contributed by atoms with Crippen molar-refractivity contribution in [3.05, 3.63) is 52.7 Å². The van der Waals surface area contributed by atoms with E-state index in [4.69, 9.17) is 4.74 Å². The first-order valence-corrected chi connectivity index (χ1v) is 5.80. The van der Waals surface area contributed by atoms with Crippen LogP contribution in [0.4, 0.5) is 17.2 Å². The number of hydrogen-bond acceptors (Lipinski definition) is 5. The van der Waals surface area contributed by atoms with Crippen molar-refractivity contribution in [2.24, 2.45) is 0 Å². The van der Waals surface area contributed by atoms with E-state index < -0.39 is 4.92 Å². The summed E-state index contributed by atoms with van der Waals surface area (Å²) in [7, 11) is 0. The average Bonchev–Trinajstić information content (AvgIpc) is 2.42. The Kier molecular flexibility index (Phi) is 3.92. The molecule has 1 aromatic heterocycles. The molecule has 0 fully saturated rings. The smallest absolute Gasteiger partial charge is 0.311 e. The molecule has 0 radical (unpaired) electrons. The second kappa shape index (κ2) is 5.81. The summed E-state index contributed by atoms with van der Waals surface area (Å²) in [5, 5.41) is 13.8. The second-order valence-corrected chi connectivity index (χ2v) is 3.68. The van der Waals surface area contributed by atoms with Crippen LogP contribution in [-0.2, 0) is 0 Å². The van der Waals surface area contributed by atoms with Crippen molar-refractivity contribution in [2.75, 3.05) is 11.9 Å². The molecule has 19 heavy (non-hydrogen) atoms. The van der Waals surface area contributed by atoms with Gasteiger partial charge in [0.05, 0.1) is 17.2 Å². The summed E-state index contributed by atoms with van der Waals surface area (Å²) in [5.41, 5.74) is 0.569. The highest BCUT2D eigenvalue weighted by molar-refractivity contribution is 5.69. The summed E-state index contributed by atoms with van der Waals surface area (Å²) >= 11 is 0. The zero-order valence-corrected chi connectivity index (χ0v) is 10.4. The van der Waals surface area contributed by atoms with E-state index in [2.05, 4.69) is 10.3 Å². The van der Waals surface area contributed by atoms with Gasteiger partial charge in [-0.3, -0.25) is 10.1 Å². The summed E-state index contributed by atoms with van der Waals surface area (Å²) in [6.45, 7) is 2.39. The predicted octanol–water partition coefficient (Wildman–Crippen LogP) is 3.13. The maximum absolute atomic E-state index is 10.9. The van der Waals surface area contributed by atoms with Crippen molar-refractivity contribution in [2.45, 2.75) is 6.92 Å². The van der Waals surface area contributed by atoms with Gasteiger partial charge in [-0.2, -0.15) is 0 Å². The van der Waals surface area contributed by atoms with Gasteiger partial charge in [-0.15, -0.1) is 0 Å². The number of nitro groups is 1. The SMILES string of the molecule is CCOc1ccccc1Nc1ncccc1[N+](=O)[O-]. The van der Waals surface area contributed by atoms with Crippen LogP contribution in [0.1, 0.15) is 6.92 Å². The number of anilines is 2. The Labute approximate surface area is 110 Å². The monoisotopic (exact) mass is 259 g/mol. The number of rotatable bonds is 5. The fourth-order valence-electron chi connectivity index (χ4n) is 1.62. The minimum atomic E-state index is -0.474. The first-order chi connectivity index (χ1) is 9.22. The number of aromatic nitrogens is 1. The fraction of sp³-hybridized carbons (Fsp3) is 0.154. The van der Waals surface area contributed by atoms with Crippen molar-refractivity contribution >= 4 is 17.2 Å². The van der Waals surface area contributed by atoms with E-state index in [9.17, 15) is 10.1 Å². The molecule has 0 bridgehead atoms. The highest BCUT2D eigenvalue weighted by Gasteiger charge is 2.15. The molecule has 0 unspecified atom stereocenters. The van der Waals surface area contributed by atoms with Gasteiger partial charge in [0.2, 0.25) is 5.82 Å². The predicted molar refractivity (Wildman–Crippen MR) is 71.8 cm³/mol. The van der Waals surface area contributed by atoms with Crippen LogP contribution >= 0.6 is 0 Å². The van der Waals surface area contributed by atoms with E-state index >= 15 is 0 Å². The standard InChI is InChI=1S/C13H13N3O3/c1-2-19-12-8-4-3-6-10(12)15-13-11(16(17)18)7-5-9-14-13/h3-9H,2H2,1H3,(H,14,15). The minimum absolute atomic E-state index is 0.0752. The summed E-state index contributed by atoms with van der Waals surface area (Å²) in [6, 6.07) is 10.2. The molecule has 0 saturated carbocycles. The lowest BCUT2D eigenvalue weighted by molar-refractivity contribution is -0.384. The lowest BCUT2D eigenvalue weighted by Crippen LogP contribution is -2.01. The van der Waals surface area contributed by atoms with Gasteiger partial charge in [-0.25, -0.2) is 4.98 Å². The number of pyridine rings is 1. The van der Waals surface area contributed by atoms with Crippen LogP contribution in [0.2, 0.25) is 0 Å². The van der Waals surface area contributed by atoms with Gasteiger partial charge in [0.1, 0.15) is 5.75 Å². The zero-order valence-electron chi connectivity index (χ0n) is 10.4. The van der Waals surface area contributed by atoms with E-state index in [0.29, 0.717) is 18.0 Å². The van der Waals surface area contributed by atoms with Crippen molar-refractivity contribution in [3.8, 4) is 5.75 Å². The summed E-state index contributed by atoms with van der Waals surface area (Å²) in [6.07, 6.45) is 1.50. The van der Waals surface area contributed by atoms with Gasteiger partial charge in [-0.05, 0) is 25.1 Å². The van der Waals surface area contributed by atoms with Crippen LogP contribution in [0.3, 0.4) is 0 Å². The van der Waals surface area contributed by atoms with Crippen molar-refractivity contribution in [1.82, 2.24) is 4.98 Å². The molecule has 1 heterocycles. The van der Waals surface area contributed by atoms with Crippen LogP contribution in [0.5, 0.6) is 5.75 Å². The van der Waals surface area contributed by atoms with Gasteiger partial charge in [0.25, 0.3) is 0 Å². The lowest BCUT2D eigenvalue weighted by atomic mass is 10.3. The molecule has 0 atom stereocenters. The third kappa shape index (κ3) is 2.98. The van der Waals surface area contributed by atoms with Crippen molar-refractivity contribution in [3.63, 3.8) is 0 Å². The minimum Gasteiger partial charge on any atom is -0.492 e. The normalized spacial score (nSPS) is 9.95. The van der Waals surface area contributed by atoms with E-state index in [-0.39, 0.29) is 11.5 Å². The molecule has 0 aliphatic carbocycles. The van der Waals surface area contributed by atoms with E-state index in [1.807, 2.05) is 19.1 Å². The Balaban J connectivity index is 2.34. The van der Waals surface area contributed by atoms with Crippen LogP contribution < -0.4 is 10.1 Å². The molecule has 0 saturated heterocycles. The van der Waals surface area contributed by atoms with Gasteiger partial charge in [-0.1, -0.05) is 12.1 Å². The third-order valence-corrected chi connectivity index (χ3v) is 2.42. The number of ether oxygens (including phenoxy) is 1. The third-order valence-electron chi connectivity index (χ3n) is 2.42. The molecule has 6 nitrogen and oxygen atoms in total. The number of para-hydroxylation sites is 2. The highest BCUT2D eigenvalue weighted by atomic mass is 16.6. The zero-order chi connectivity index (χ0) is 13.7. The fourth-order valence-corrected chi connectivity index (χ4v) is 1.62. The molecular formula is C13H13N3O3. The summed E-state index contributed by atoms with van der Waals surface area (Å²) in [5.74, 6) is 0.824.